The van der Waals surface area contributed by atoms with Gasteiger partial charge in [-0.25, -0.2) is 0 Å². The molecule has 0 N–H and O–H groups in total. The van der Waals surface area contributed by atoms with Gasteiger partial charge in [0.15, 0.2) is 5.75 Å². The summed E-state index contributed by atoms with van der Waals surface area (Å²) in [5.41, 5.74) is 5.47. The average molecular weight is 861 g/mol. The van der Waals surface area contributed by atoms with Crippen LogP contribution >= 0.6 is 0 Å². The van der Waals surface area contributed by atoms with Gasteiger partial charge in [-0.15, -0.1) is 5.11 Å². The number of pyridine rings is 3. The van der Waals surface area contributed by atoms with Crippen LogP contribution in [0, 0.1) is 0 Å². The highest BCUT2D eigenvalue weighted by Crippen LogP contribution is 2.42. The molecule has 0 saturated carbocycles. The van der Waals surface area contributed by atoms with Crippen molar-refractivity contribution >= 4 is 33.7 Å². The third kappa shape index (κ3) is 10.4. The van der Waals surface area contributed by atoms with Crippen LogP contribution in [0.5, 0.6) is 5.75 Å². The van der Waals surface area contributed by atoms with Crippen molar-refractivity contribution in [3.05, 3.63) is 204 Å². The van der Waals surface area contributed by atoms with Crippen LogP contribution in [-0.2, 0) is 40.9 Å². The fourth-order valence-corrected chi connectivity index (χ4v) is 7.93. The van der Waals surface area contributed by atoms with E-state index in [4.69, 9.17) is 27.7 Å². The van der Waals surface area contributed by atoms with Gasteiger partial charge in [-0.2, -0.15) is 21.6 Å². The summed E-state index contributed by atoms with van der Waals surface area (Å²) in [5, 5.41) is -1.68. The second-order valence-corrected chi connectivity index (χ2v) is 17.0. The van der Waals surface area contributed by atoms with Crippen molar-refractivity contribution in [3.8, 4) is 61.8 Å². The first-order valence-electron chi connectivity index (χ1n) is 20.4. The molecule has 3 aromatic heterocycles. The second-order valence-electron chi connectivity index (χ2n) is 15.5. The summed E-state index contributed by atoms with van der Waals surface area (Å²) < 4.78 is 71.8. The minimum Gasteiger partial charge on any atom is -0.375 e. The van der Waals surface area contributed by atoms with Crippen molar-refractivity contribution in [3.63, 3.8) is 0 Å². The number of aromatic nitrogens is 3. The highest BCUT2D eigenvalue weighted by molar-refractivity contribution is 7.88. The summed E-state index contributed by atoms with van der Waals surface area (Å²) >= 11 is 0. The van der Waals surface area contributed by atoms with Crippen LogP contribution in [0.15, 0.2) is 176 Å². The van der Waals surface area contributed by atoms with Crippen LogP contribution in [0.3, 0.4) is 0 Å². The van der Waals surface area contributed by atoms with Crippen LogP contribution in [0.4, 0.5) is 13.2 Å². The summed E-state index contributed by atoms with van der Waals surface area (Å²) in [6.07, 6.45) is 7.76. The summed E-state index contributed by atoms with van der Waals surface area (Å²) in [5.74, 6) is -0.529. The first-order valence-corrected chi connectivity index (χ1v) is 21.8. The van der Waals surface area contributed by atoms with Crippen LogP contribution < -0.4 is 4.18 Å². The van der Waals surface area contributed by atoms with Crippen molar-refractivity contribution in [1.82, 2.24) is 15.0 Å². The van der Waals surface area contributed by atoms with E-state index < -0.39 is 26.5 Å². The third-order valence-corrected chi connectivity index (χ3v) is 11.8. The average Bonchev–Trinajstić information content (AvgIpc) is 3.30. The van der Waals surface area contributed by atoms with E-state index in [9.17, 15) is 21.6 Å². The maximum Gasteiger partial charge on any atom is 0.534 e. The number of benzene rings is 5. The summed E-state index contributed by atoms with van der Waals surface area (Å²) in [6.45, 7) is 0. The molecule has 0 bridgehead atoms. The number of halogens is 3. The van der Waals surface area contributed by atoms with E-state index in [1.807, 2.05) is 48.5 Å². The molecule has 0 aliphatic carbocycles. The van der Waals surface area contributed by atoms with Gasteiger partial charge in [0.2, 0.25) is 0 Å². The molecule has 8 aromatic rings. The predicted molar refractivity (Wildman–Crippen MR) is 249 cm³/mol. The number of rotatable bonds is 14. The Hall–Kier alpha value is -6.72. The van der Waals surface area contributed by atoms with Gasteiger partial charge < -0.3 is 4.18 Å². The maximum atomic E-state index is 13.9. The normalized spacial score (nSPS) is 11.9. The Labute approximate surface area is 375 Å². The lowest BCUT2D eigenvalue weighted by Gasteiger charge is -2.20. The standard InChI is InChI=1S/C51H37B3F3N3O3S/c52-50(53,54)42-24-26-48(60-33-42)40-23-25-45(49(32-40)63-64(61,62)51(55,56)57)44-8-2-1-7-43(44)41-30-36(13-11-34-15-19-38(20-16-34)46-9-3-5-27-58-46)29-37(31-41)14-12-35-17-21-39(22-18-35)47-10-4-6-28-59-47/h1-10,15-33H,11-14H2. The number of hydrogen-bond acceptors (Lipinski definition) is 6. The van der Waals surface area contributed by atoms with Gasteiger partial charge in [0.1, 0.15) is 0 Å². The first kappa shape index (κ1) is 43.9. The van der Waals surface area contributed by atoms with Gasteiger partial charge in [-0.05, 0) is 113 Å². The molecule has 0 spiro atoms. The SMILES string of the molecule is [B]C([B])([B])c1ccc(-c2ccc(-c3ccccc3-c3cc(CCc4ccc(-c5ccccn5)cc4)cc(CCc4ccc(-c5ccccn5)cc4)c3)c(OS(=O)(=O)C(F)(F)F)c2)nc1. The molecular weight excluding hydrogens is 824 g/mol. The largest absolute Gasteiger partial charge is 0.534 e. The molecule has 0 unspecified atom stereocenters. The zero-order valence-corrected chi connectivity index (χ0v) is 35.2. The Balaban J connectivity index is 1.16. The van der Waals surface area contributed by atoms with Crippen molar-refractivity contribution in [2.24, 2.45) is 0 Å². The molecule has 6 radical (unpaired) electrons. The van der Waals surface area contributed by atoms with Crippen molar-refractivity contribution < 1.29 is 25.8 Å². The highest BCUT2D eigenvalue weighted by Gasteiger charge is 2.49. The maximum absolute atomic E-state index is 13.9. The molecule has 6 nitrogen and oxygen atoms in total. The lowest BCUT2D eigenvalue weighted by Crippen LogP contribution is -2.28. The highest BCUT2D eigenvalue weighted by atomic mass is 32.2. The lowest BCUT2D eigenvalue weighted by atomic mass is 9.40. The van der Waals surface area contributed by atoms with Crippen molar-refractivity contribution in [2.45, 2.75) is 36.3 Å². The fraction of sp³-hybridized carbons (Fsp3) is 0.118. The smallest absolute Gasteiger partial charge is 0.375 e. The minimum absolute atomic E-state index is 0.127. The molecule has 0 amide bonds. The Morgan fingerprint density at radius 1 is 0.469 bits per heavy atom. The molecule has 0 saturated heterocycles. The molecule has 0 fully saturated rings. The van der Waals surface area contributed by atoms with Crippen molar-refractivity contribution in [1.29, 1.82) is 0 Å². The number of nitrogens with zero attached hydrogens (tertiary/aromatic N) is 3. The fourth-order valence-electron chi connectivity index (χ4n) is 7.46. The zero-order chi connectivity index (χ0) is 44.9. The Bertz CT molecular complexity index is 2880. The number of alkyl halides is 3. The van der Waals surface area contributed by atoms with E-state index in [-0.39, 0.29) is 16.8 Å². The van der Waals surface area contributed by atoms with Crippen LogP contribution in [-0.4, -0.2) is 52.4 Å². The quantitative estimate of drug-likeness (QED) is 0.0615. The van der Waals surface area contributed by atoms with Crippen LogP contribution in [0.2, 0.25) is 0 Å². The van der Waals surface area contributed by atoms with Gasteiger partial charge in [0.25, 0.3) is 0 Å². The molecule has 310 valence electrons. The first-order chi connectivity index (χ1) is 30.7. The van der Waals surface area contributed by atoms with Gasteiger partial charge in [0.05, 0.1) is 40.6 Å². The van der Waals surface area contributed by atoms with E-state index in [1.165, 1.54) is 30.5 Å². The lowest BCUT2D eigenvalue weighted by molar-refractivity contribution is -0.0499. The van der Waals surface area contributed by atoms with Crippen molar-refractivity contribution in [2.75, 3.05) is 0 Å². The monoisotopic (exact) mass is 861 g/mol. The molecule has 3 heterocycles. The molecule has 13 heteroatoms. The van der Waals surface area contributed by atoms with E-state index in [1.54, 1.807) is 30.6 Å². The molecule has 0 aliphatic heterocycles. The molecule has 64 heavy (non-hydrogen) atoms. The number of hydrogen-bond donors (Lipinski definition) is 0. The third-order valence-electron chi connectivity index (χ3n) is 10.8. The van der Waals surface area contributed by atoms with E-state index in [0.717, 1.165) is 63.2 Å². The molecule has 5 aromatic carbocycles. The molecule has 0 atom stereocenters. The molecule has 0 aliphatic rings. The zero-order valence-electron chi connectivity index (χ0n) is 34.4. The van der Waals surface area contributed by atoms with E-state index in [0.29, 0.717) is 29.5 Å². The number of aryl methyl sites for hydroxylation is 4. The molecular formula is C51H37B3F3N3O3S. The predicted octanol–water partition coefficient (Wildman–Crippen LogP) is 10.6. The van der Waals surface area contributed by atoms with Gasteiger partial charge in [-0.3, -0.25) is 15.0 Å². The Morgan fingerprint density at radius 2 is 0.969 bits per heavy atom. The molecule has 8 rings (SSSR count). The summed E-state index contributed by atoms with van der Waals surface area (Å²) in [6, 6.07) is 49.2. The van der Waals surface area contributed by atoms with Gasteiger partial charge >= 0.3 is 15.6 Å². The van der Waals surface area contributed by atoms with E-state index >= 15 is 0 Å². The minimum atomic E-state index is -6.08. The van der Waals surface area contributed by atoms with Gasteiger partial charge in [-0.1, -0.05) is 115 Å². The Kier molecular flexibility index (Phi) is 12.7. The topological polar surface area (TPSA) is 82.0 Å². The summed E-state index contributed by atoms with van der Waals surface area (Å²) in [7, 11) is 11.3. The summed E-state index contributed by atoms with van der Waals surface area (Å²) in [4.78, 5) is 13.3. The van der Waals surface area contributed by atoms with Gasteiger partial charge in [0, 0.05) is 40.8 Å². The second kappa shape index (κ2) is 18.6. The van der Waals surface area contributed by atoms with E-state index in [2.05, 4.69) is 81.7 Å². The van der Waals surface area contributed by atoms with Crippen LogP contribution in [0.1, 0.15) is 27.8 Å². The Morgan fingerprint density at radius 3 is 1.45 bits per heavy atom. The van der Waals surface area contributed by atoms with Crippen LogP contribution in [0.25, 0.3) is 56.0 Å².